The maximum atomic E-state index is 5.48. The molecule has 0 aliphatic heterocycles. The number of ether oxygens (including phenoxy) is 1. The van der Waals surface area contributed by atoms with E-state index < -0.39 is 0 Å². The molecule has 96 valence electrons. The molecule has 3 heteroatoms. The number of aromatic nitrogens is 1. The van der Waals surface area contributed by atoms with Gasteiger partial charge >= 0.3 is 0 Å². The molecule has 0 aliphatic rings. The Balaban J connectivity index is 2.03. The number of nitrogens with one attached hydrogen (secondary N) is 1. The fourth-order valence-corrected chi connectivity index (χ4v) is 1.96. The number of anilines is 1. The zero-order valence-electron chi connectivity index (χ0n) is 11.2. The molecule has 1 aromatic carbocycles. The van der Waals surface area contributed by atoms with Crippen molar-refractivity contribution in [2.24, 2.45) is 7.05 Å². The Kier molecular flexibility index (Phi) is 3.92. The largest absolute Gasteiger partial charge is 0.494 e. The number of hydrogen-bond acceptors (Lipinski definition) is 2. The van der Waals surface area contributed by atoms with Crippen LogP contribution in [-0.2, 0) is 13.6 Å². The molecule has 0 aliphatic carbocycles. The number of benzene rings is 1. The maximum absolute atomic E-state index is 5.48. The molecular weight excluding hydrogens is 224 g/mol. The highest BCUT2D eigenvalue weighted by Gasteiger charge is 2.02. The van der Waals surface area contributed by atoms with Gasteiger partial charge in [-0.2, -0.15) is 0 Å². The van der Waals surface area contributed by atoms with Crippen LogP contribution < -0.4 is 10.1 Å². The lowest BCUT2D eigenvalue weighted by Crippen LogP contribution is -2.05. The summed E-state index contributed by atoms with van der Waals surface area (Å²) in [5, 5.41) is 3.45. The van der Waals surface area contributed by atoms with E-state index in [1.807, 2.05) is 13.0 Å². The van der Waals surface area contributed by atoms with Gasteiger partial charge in [-0.05, 0) is 49.7 Å². The van der Waals surface area contributed by atoms with Crippen molar-refractivity contribution in [2.75, 3.05) is 11.9 Å². The Morgan fingerprint density at radius 1 is 1.28 bits per heavy atom. The lowest BCUT2D eigenvalue weighted by atomic mass is 10.2. The van der Waals surface area contributed by atoms with Crippen LogP contribution in [-0.4, -0.2) is 11.2 Å². The third-order valence-corrected chi connectivity index (χ3v) is 3.02. The molecule has 1 heterocycles. The number of nitrogens with zero attached hydrogens (tertiary/aromatic N) is 1. The predicted octanol–water partition coefficient (Wildman–Crippen LogP) is 3.34. The van der Waals surface area contributed by atoms with E-state index in [2.05, 4.69) is 54.3 Å². The lowest BCUT2D eigenvalue weighted by molar-refractivity contribution is 0.340. The Morgan fingerprint density at radius 2 is 2.11 bits per heavy atom. The van der Waals surface area contributed by atoms with Gasteiger partial charge in [-0.3, -0.25) is 0 Å². The van der Waals surface area contributed by atoms with E-state index in [-0.39, 0.29) is 0 Å². The normalized spacial score (nSPS) is 10.4. The molecule has 0 radical (unpaired) electrons. The lowest BCUT2D eigenvalue weighted by Gasteiger charge is -2.12. The minimum atomic E-state index is 0.704. The fraction of sp³-hybridized carbons (Fsp3) is 0.333. The van der Waals surface area contributed by atoms with Crippen LogP contribution in [0.5, 0.6) is 5.75 Å². The molecule has 0 atom stereocenters. The van der Waals surface area contributed by atoms with Gasteiger partial charge in [-0.1, -0.05) is 0 Å². The Labute approximate surface area is 108 Å². The highest BCUT2D eigenvalue weighted by molar-refractivity contribution is 5.53. The monoisotopic (exact) mass is 244 g/mol. The van der Waals surface area contributed by atoms with Crippen LogP contribution in [0.2, 0.25) is 0 Å². The first-order valence-electron chi connectivity index (χ1n) is 6.28. The maximum Gasteiger partial charge on any atom is 0.119 e. The number of hydrogen-bond donors (Lipinski definition) is 1. The van der Waals surface area contributed by atoms with Crippen molar-refractivity contribution in [1.82, 2.24) is 4.57 Å². The first kappa shape index (κ1) is 12.6. The second kappa shape index (κ2) is 5.63. The van der Waals surface area contributed by atoms with E-state index >= 15 is 0 Å². The molecule has 0 unspecified atom stereocenters. The highest BCUT2D eigenvalue weighted by atomic mass is 16.5. The average molecular weight is 244 g/mol. The molecule has 0 spiro atoms. The van der Waals surface area contributed by atoms with Crippen LogP contribution in [0.25, 0.3) is 0 Å². The Hall–Kier alpha value is -1.90. The van der Waals surface area contributed by atoms with E-state index in [1.165, 1.54) is 11.3 Å². The van der Waals surface area contributed by atoms with Crippen LogP contribution in [0.15, 0.2) is 36.5 Å². The molecule has 2 rings (SSSR count). The summed E-state index contributed by atoms with van der Waals surface area (Å²) in [5.74, 6) is 0.930. The fourth-order valence-electron chi connectivity index (χ4n) is 1.96. The van der Waals surface area contributed by atoms with E-state index in [0.717, 1.165) is 18.0 Å². The second-order valence-electron chi connectivity index (χ2n) is 4.37. The smallest absolute Gasteiger partial charge is 0.119 e. The van der Waals surface area contributed by atoms with Crippen molar-refractivity contribution in [2.45, 2.75) is 20.4 Å². The minimum absolute atomic E-state index is 0.704. The molecule has 18 heavy (non-hydrogen) atoms. The summed E-state index contributed by atoms with van der Waals surface area (Å²) in [4.78, 5) is 0. The van der Waals surface area contributed by atoms with Crippen LogP contribution in [0.3, 0.4) is 0 Å². The van der Waals surface area contributed by atoms with E-state index in [4.69, 9.17) is 4.74 Å². The van der Waals surface area contributed by atoms with Gasteiger partial charge in [0.2, 0.25) is 0 Å². The minimum Gasteiger partial charge on any atom is -0.494 e. The molecule has 1 N–H and O–H groups in total. The Bertz CT molecular complexity index is 517. The topological polar surface area (TPSA) is 26.2 Å². The van der Waals surface area contributed by atoms with Crippen LogP contribution in [0.4, 0.5) is 5.69 Å². The molecule has 0 saturated carbocycles. The summed E-state index contributed by atoms with van der Waals surface area (Å²) < 4.78 is 7.60. The van der Waals surface area contributed by atoms with Gasteiger partial charge in [-0.25, -0.2) is 0 Å². The van der Waals surface area contributed by atoms with E-state index in [1.54, 1.807) is 0 Å². The van der Waals surface area contributed by atoms with Crippen molar-refractivity contribution in [3.8, 4) is 5.75 Å². The van der Waals surface area contributed by atoms with Crippen molar-refractivity contribution in [3.63, 3.8) is 0 Å². The molecule has 1 aromatic heterocycles. The summed E-state index contributed by atoms with van der Waals surface area (Å²) in [7, 11) is 2.06. The molecular formula is C15H20N2O. The van der Waals surface area contributed by atoms with E-state index in [0.29, 0.717) is 6.61 Å². The summed E-state index contributed by atoms with van der Waals surface area (Å²) in [5.41, 5.74) is 3.62. The van der Waals surface area contributed by atoms with Crippen molar-refractivity contribution < 1.29 is 4.74 Å². The molecule has 0 bridgehead atoms. The zero-order valence-corrected chi connectivity index (χ0v) is 11.2. The average Bonchev–Trinajstić information content (AvgIpc) is 2.74. The number of rotatable bonds is 5. The first-order valence-corrected chi connectivity index (χ1v) is 6.28. The van der Waals surface area contributed by atoms with Gasteiger partial charge < -0.3 is 14.6 Å². The van der Waals surface area contributed by atoms with Crippen LogP contribution in [0.1, 0.15) is 18.2 Å². The third-order valence-electron chi connectivity index (χ3n) is 3.02. The molecule has 0 saturated heterocycles. The van der Waals surface area contributed by atoms with Crippen molar-refractivity contribution in [3.05, 3.63) is 47.8 Å². The van der Waals surface area contributed by atoms with Crippen LogP contribution in [0, 0.1) is 6.92 Å². The van der Waals surface area contributed by atoms with Gasteiger partial charge in [0.05, 0.1) is 13.2 Å². The van der Waals surface area contributed by atoms with Gasteiger partial charge in [0.15, 0.2) is 0 Å². The third kappa shape index (κ3) is 2.86. The SMILES string of the molecule is CCOc1ccc(NCc2cccn2C)c(C)c1. The molecule has 0 fully saturated rings. The molecule has 3 nitrogen and oxygen atoms in total. The standard InChI is InChI=1S/C15H20N2O/c1-4-18-14-7-8-15(12(2)10-14)16-11-13-6-5-9-17(13)3/h5-10,16H,4,11H2,1-3H3. The number of aryl methyl sites for hydroxylation is 2. The summed E-state index contributed by atoms with van der Waals surface area (Å²) >= 11 is 0. The van der Waals surface area contributed by atoms with Gasteiger partial charge in [0.1, 0.15) is 5.75 Å². The van der Waals surface area contributed by atoms with Gasteiger partial charge in [0, 0.05) is 24.6 Å². The summed E-state index contributed by atoms with van der Waals surface area (Å²) in [6, 6.07) is 10.3. The first-order chi connectivity index (χ1) is 8.70. The second-order valence-corrected chi connectivity index (χ2v) is 4.37. The van der Waals surface area contributed by atoms with Gasteiger partial charge in [0.25, 0.3) is 0 Å². The zero-order chi connectivity index (χ0) is 13.0. The summed E-state index contributed by atoms with van der Waals surface area (Å²) in [6.07, 6.45) is 2.06. The Morgan fingerprint density at radius 3 is 2.72 bits per heavy atom. The van der Waals surface area contributed by atoms with Crippen molar-refractivity contribution in [1.29, 1.82) is 0 Å². The van der Waals surface area contributed by atoms with Crippen molar-refractivity contribution >= 4 is 5.69 Å². The summed E-state index contributed by atoms with van der Waals surface area (Å²) in [6.45, 7) is 5.63. The molecule has 0 amide bonds. The van der Waals surface area contributed by atoms with Crippen LogP contribution >= 0.6 is 0 Å². The quantitative estimate of drug-likeness (QED) is 0.873. The molecule has 2 aromatic rings. The van der Waals surface area contributed by atoms with Gasteiger partial charge in [-0.15, -0.1) is 0 Å². The predicted molar refractivity (Wildman–Crippen MR) is 75.1 cm³/mol. The van der Waals surface area contributed by atoms with E-state index in [9.17, 15) is 0 Å². The highest BCUT2D eigenvalue weighted by Crippen LogP contribution is 2.21.